The van der Waals surface area contributed by atoms with E-state index in [9.17, 15) is 9.59 Å². The number of carbonyl (C=O) groups excluding carboxylic acids is 1. The van der Waals surface area contributed by atoms with E-state index >= 15 is 4.39 Å². The van der Waals surface area contributed by atoms with E-state index in [1.807, 2.05) is 0 Å². The molecule has 5 heterocycles. The van der Waals surface area contributed by atoms with E-state index in [-0.39, 0.29) is 17.0 Å². The minimum Gasteiger partial charge on any atom is -0.481 e. The minimum atomic E-state index is -0.660. The van der Waals surface area contributed by atoms with E-state index in [1.54, 1.807) is 16.7 Å². The second-order valence-electron chi connectivity index (χ2n) is 8.59. The molecule has 0 spiro atoms. The molecule has 9 nitrogen and oxygen atoms in total. The molecule has 1 aromatic carbocycles. The molecule has 6 rings (SSSR count). The van der Waals surface area contributed by atoms with Crippen molar-refractivity contribution in [1.29, 1.82) is 0 Å². The maximum Gasteiger partial charge on any atom is 0.274 e. The molecule has 1 saturated heterocycles. The van der Waals surface area contributed by atoms with Gasteiger partial charge in [-0.25, -0.2) is 14.4 Å². The van der Waals surface area contributed by atoms with E-state index in [4.69, 9.17) is 9.47 Å². The van der Waals surface area contributed by atoms with Crippen LogP contribution in [0.15, 0.2) is 35.4 Å². The van der Waals surface area contributed by atoms with E-state index in [2.05, 4.69) is 15.0 Å². The summed E-state index contributed by atoms with van der Waals surface area (Å²) in [4.78, 5) is 39.1. The van der Waals surface area contributed by atoms with Gasteiger partial charge in [-0.2, -0.15) is 0 Å². The average molecular weight is 463 g/mol. The van der Waals surface area contributed by atoms with Crippen molar-refractivity contribution in [2.75, 3.05) is 31.8 Å². The first-order chi connectivity index (χ1) is 16.5. The molecule has 0 bridgehead atoms. The Labute approximate surface area is 193 Å². The number of amides is 1. The highest BCUT2D eigenvalue weighted by Gasteiger charge is 2.29. The molecule has 1 N–H and O–H groups in total. The van der Waals surface area contributed by atoms with Gasteiger partial charge in [-0.05, 0) is 30.9 Å². The zero-order valence-corrected chi connectivity index (χ0v) is 18.5. The summed E-state index contributed by atoms with van der Waals surface area (Å²) in [7, 11) is 1.53. The summed E-state index contributed by atoms with van der Waals surface area (Å²) in [5, 5.41) is 0. The van der Waals surface area contributed by atoms with E-state index in [0.29, 0.717) is 60.1 Å². The Morgan fingerprint density at radius 1 is 1.18 bits per heavy atom. The molecule has 174 valence electrons. The van der Waals surface area contributed by atoms with E-state index < -0.39 is 11.7 Å². The van der Waals surface area contributed by atoms with Crippen LogP contribution in [0.1, 0.15) is 40.5 Å². The summed E-state index contributed by atoms with van der Waals surface area (Å²) >= 11 is 0. The molecule has 4 aromatic rings. The Morgan fingerprint density at radius 3 is 2.79 bits per heavy atom. The predicted octanol–water partition coefficient (Wildman–Crippen LogP) is 2.82. The molecular weight excluding hydrogens is 441 g/mol. The quantitative estimate of drug-likeness (QED) is 0.501. The number of aromatic amines is 1. The number of hydrogen-bond donors (Lipinski definition) is 1. The lowest BCUT2D eigenvalue weighted by molar-refractivity contribution is 0.0835. The number of benzene rings is 1. The number of nitrogens with one attached hydrogen (secondary N) is 1. The highest BCUT2D eigenvalue weighted by molar-refractivity contribution is 6.08. The summed E-state index contributed by atoms with van der Waals surface area (Å²) < 4.78 is 27.7. The number of carbonyl (C=O) groups is 1. The van der Waals surface area contributed by atoms with Gasteiger partial charge in [0.15, 0.2) is 0 Å². The highest BCUT2D eigenvalue weighted by atomic mass is 19.1. The SMILES string of the molecule is COc1cc2c(cn1)N(C(=O)c1cc3[nH]c(=O)c4cnc(C5CCOCC5)n4c3cc1F)CC2. The van der Waals surface area contributed by atoms with Gasteiger partial charge in [0.1, 0.15) is 17.2 Å². The van der Waals surface area contributed by atoms with Crippen LogP contribution < -0.4 is 15.2 Å². The Kier molecular flexibility index (Phi) is 4.84. The standard InChI is InChI=1S/C24H22FN5O4/c1-33-21-8-14-2-5-29(19(14)11-26-21)24(32)15-9-17-18(10-16(15)25)30-20(23(31)28-17)12-27-22(30)13-3-6-34-7-4-13/h8-13H,2-7H2,1H3,(H,28,31). The monoisotopic (exact) mass is 463 g/mol. The zero-order valence-electron chi connectivity index (χ0n) is 18.5. The number of halogens is 1. The van der Waals surface area contributed by atoms with Crippen molar-refractivity contribution in [3.8, 4) is 5.88 Å². The lowest BCUT2D eigenvalue weighted by atomic mass is 9.99. The number of H-pyrrole nitrogens is 1. The van der Waals surface area contributed by atoms with Gasteiger partial charge in [-0.1, -0.05) is 0 Å². The van der Waals surface area contributed by atoms with Crippen molar-refractivity contribution in [3.63, 3.8) is 0 Å². The number of methoxy groups -OCH3 is 1. The Morgan fingerprint density at radius 2 is 2.00 bits per heavy atom. The van der Waals surface area contributed by atoms with Crippen LogP contribution in [0.25, 0.3) is 16.6 Å². The van der Waals surface area contributed by atoms with Gasteiger partial charge in [0.25, 0.3) is 11.5 Å². The van der Waals surface area contributed by atoms with Crippen LogP contribution in [0.4, 0.5) is 10.1 Å². The fourth-order valence-corrected chi connectivity index (χ4v) is 4.95. The smallest absolute Gasteiger partial charge is 0.274 e. The third-order valence-corrected chi connectivity index (χ3v) is 6.70. The number of nitrogens with zero attached hydrogens (tertiary/aromatic N) is 4. The number of fused-ring (bicyclic) bond motifs is 4. The molecule has 0 atom stereocenters. The Bertz CT molecular complexity index is 1510. The maximum absolute atomic E-state index is 15.4. The van der Waals surface area contributed by atoms with Crippen molar-refractivity contribution in [3.05, 3.63) is 63.7 Å². The van der Waals surface area contributed by atoms with Crippen LogP contribution in [0.3, 0.4) is 0 Å². The van der Waals surface area contributed by atoms with E-state index in [1.165, 1.54) is 30.3 Å². The molecule has 1 fully saturated rings. The van der Waals surface area contributed by atoms with Gasteiger partial charge < -0.3 is 19.4 Å². The van der Waals surface area contributed by atoms with Gasteiger partial charge in [0.05, 0.1) is 41.8 Å². The van der Waals surface area contributed by atoms with Crippen LogP contribution in [-0.4, -0.2) is 52.1 Å². The fourth-order valence-electron chi connectivity index (χ4n) is 4.95. The number of anilines is 1. The molecule has 3 aromatic heterocycles. The summed E-state index contributed by atoms with van der Waals surface area (Å²) in [6.07, 6.45) is 5.26. The topological polar surface area (TPSA) is 102 Å². The molecule has 0 saturated carbocycles. The maximum atomic E-state index is 15.4. The number of hydrogen-bond acceptors (Lipinski definition) is 6. The van der Waals surface area contributed by atoms with Gasteiger partial charge in [0.2, 0.25) is 5.88 Å². The summed E-state index contributed by atoms with van der Waals surface area (Å²) in [6, 6.07) is 4.50. The van der Waals surface area contributed by atoms with Crippen LogP contribution in [0.5, 0.6) is 5.88 Å². The molecule has 0 radical (unpaired) electrons. The third kappa shape index (κ3) is 3.17. The molecule has 34 heavy (non-hydrogen) atoms. The molecule has 2 aliphatic heterocycles. The number of ether oxygens (including phenoxy) is 2. The molecule has 0 aliphatic carbocycles. The van der Waals surface area contributed by atoms with Crippen molar-refractivity contribution in [1.82, 2.24) is 19.4 Å². The second-order valence-corrected chi connectivity index (χ2v) is 8.59. The fraction of sp³-hybridized carbons (Fsp3) is 0.333. The predicted molar refractivity (Wildman–Crippen MR) is 122 cm³/mol. The van der Waals surface area contributed by atoms with Crippen molar-refractivity contribution < 1.29 is 18.7 Å². The lowest BCUT2D eigenvalue weighted by Gasteiger charge is -2.21. The first-order valence-corrected chi connectivity index (χ1v) is 11.2. The third-order valence-electron chi connectivity index (χ3n) is 6.70. The van der Waals surface area contributed by atoms with Crippen LogP contribution in [0, 0.1) is 5.82 Å². The second kappa shape index (κ2) is 7.91. The van der Waals surface area contributed by atoms with Gasteiger partial charge in [-0.15, -0.1) is 0 Å². The number of pyridine rings is 1. The minimum absolute atomic E-state index is 0.108. The molecule has 2 aliphatic rings. The summed E-state index contributed by atoms with van der Waals surface area (Å²) in [5.74, 6) is 0.138. The summed E-state index contributed by atoms with van der Waals surface area (Å²) in [6.45, 7) is 1.64. The van der Waals surface area contributed by atoms with Crippen molar-refractivity contribution in [2.24, 2.45) is 0 Å². The van der Waals surface area contributed by atoms with Gasteiger partial charge in [0, 0.05) is 37.8 Å². The van der Waals surface area contributed by atoms with Crippen molar-refractivity contribution >= 4 is 28.1 Å². The van der Waals surface area contributed by atoms with Crippen LogP contribution in [0.2, 0.25) is 0 Å². The Hall–Kier alpha value is -3.79. The lowest BCUT2D eigenvalue weighted by Crippen LogP contribution is -2.30. The zero-order chi connectivity index (χ0) is 23.4. The highest BCUT2D eigenvalue weighted by Crippen LogP contribution is 2.32. The Balaban J connectivity index is 1.45. The largest absolute Gasteiger partial charge is 0.481 e. The first kappa shape index (κ1) is 20.8. The molecule has 0 unspecified atom stereocenters. The van der Waals surface area contributed by atoms with Crippen molar-refractivity contribution in [2.45, 2.75) is 25.2 Å². The van der Waals surface area contributed by atoms with Gasteiger partial charge >= 0.3 is 0 Å². The number of rotatable bonds is 3. The first-order valence-electron chi connectivity index (χ1n) is 11.2. The molecule has 10 heteroatoms. The molecular formula is C24H22FN5O4. The van der Waals surface area contributed by atoms with Crippen LogP contribution >= 0.6 is 0 Å². The molecule has 1 amide bonds. The number of aromatic nitrogens is 4. The average Bonchev–Trinajstić information content (AvgIpc) is 3.49. The van der Waals surface area contributed by atoms with Crippen LogP contribution in [-0.2, 0) is 11.2 Å². The van der Waals surface area contributed by atoms with E-state index in [0.717, 1.165) is 18.4 Å². The number of imidazole rings is 1. The summed E-state index contributed by atoms with van der Waals surface area (Å²) in [5.41, 5.74) is 2.28. The van der Waals surface area contributed by atoms with Gasteiger partial charge in [-0.3, -0.25) is 14.0 Å². The normalized spacial score (nSPS) is 16.4.